The van der Waals surface area contributed by atoms with Crippen LogP contribution in [0.5, 0.6) is 0 Å². The predicted octanol–water partition coefficient (Wildman–Crippen LogP) is 3.43. The lowest BCUT2D eigenvalue weighted by molar-refractivity contribution is -0.144. The van der Waals surface area contributed by atoms with Gasteiger partial charge >= 0.3 is 6.03 Å². The van der Waals surface area contributed by atoms with E-state index >= 15 is 0 Å². The predicted molar refractivity (Wildman–Crippen MR) is 143 cm³/mol. The van der Waals surface area contributed by atoms with Crippen LogP contribution in [-0.2, 0) is 22.6 Å². The molecule has 1 aromatic heterocycles. The summed E-state index contributed by atoms with van der Waals surface area (Å²) in [6.45, 7) is 2.03. The van der Waals surface area contributed by atoms with E-state index < -0.39 is 23.3 Å². The average molecular weight is 531 g/mol. The molecule has 6 rings (SSSR count). The van der Waals surface area contributed by atoms with Crippen molar-refractivity contribution in [3.8, 4) is 0 Å². The zero-order chi connectivity index (χ0) is 26.4. The van der Waals surface area contributed by atoms with Crippen LogP contribution in [0.1, 0.15) is 23.6 Å². The summed E-state index contributed by atoms with van der Waals surface area (Å²) in [7, 11) is 0. The average Bonchev–Trinajstić information content (AvgIpc) is 2.90. The molecule has 8 nitrogen and oxygen atoms in total. The number of anilines is 1. The van der Waals surface area contributed by atoms with Crippen LogP contribution in [0.15, 0.2) is 77.6 Å². The summed E-state index contributed by atoms with van der Waals surface area (Å²) in [5, 5.41) is 3.03. The minimum atomic E-state index is -1.53. The lowest BCUT2D eigenvalue weighted by Crippen LogP contribution is -2.68. The molecule has 1 N–H and O–H groups in total. The highest BCUT2D eigenvalue weighted by Crippen LogP contribution is 2.39. The molecule has 194 valence electrons. The van der Waals surface area contributed by atoms with Gasteiger partial charge in [0.15, 0.2) is 0 Å². The van der Waals surface area contributed by atoms with Gasteiger partial charge in [0.25, 0.3) is 11.5 Å². The van der Waals surface area contributed by atoms with Crippen LogP contribution in [0, 0.1) is 11.3 Å². The van der Waals surface area contributed by atoms with Gasteiger partial charge in [-0.15, -0.1) is 0 Å². The van der Waals surface area contributed by atoms with Crippen LogP contribution < -0.4 is 15.8 Å². The van der Waals surface area contributed by atoms with Crippen molar-refractivity contribution in [1.29, 1.82) is 0 Å². The van der Waals surface area contributed by atoms with Crippen molar-refractivity contribution < 1.29 is 14.4 Å². The number of barbiturate groups is 1. The number of piperidine rings is 1. The number of likely N-dealkylation sites (tertiary alicyclic amines) is 1. The van der Waals surface area contributed by atoms with Gasteiger partial charge in [0, 0.05) is 48.9 Å². The second-order valence-corrected chi connectivity index (χ2v) is 10.9. The lowest BCUT2D eigenvalue weighted by Gasteiger charge is -2.47. The normalized spacial score (nSPS) is 25.2. The van der Waals surface area contributed by atoms with Gasteiger partial charge < -0.3 is 9.47 Å². The molecule has 2 aromatic carbocycles. The number of benzene rings is 2. The van der Waals surface area contributed by atoms with E-state index in [-0.39, 0.29) is 30.4 Å². The van der Waals surface area contributed by atoms with Gasteiger partial charge in [0.05, 0.1) is 5.69 Å². The highest BCUT2D eigenvalue weighted by atomic mass is 35.5. The first kappa shape index (κ1) is 24.6. The van der Waals surface area contributed by atoms with E-state index in [9.17, 15) is 19.2 Å². The fourth-order valence-corrected chi connectivity index (χ4v) is 6.42. The van der Waals surface area contributed by atoms with Crippen LogP contribution in [0.25, 0.3) is 0 Å². The summed E-state index contributed by atoms with van der Waals surface area (Å²) in [5.41, 5.74) is 0.648. The molecule has 38 heavy (non-hydrogen) atoms. The summed E-state index contributed by atoms with van der Waals surface area (Å²) >= 11 is 6.10. The molecule has 3 aliphatic rings. The number of aromatic nitrogens is 1. The van der Waals surface area contributed by atoms with E-state index in [1.165, 1.54) is 0 Å². The van der Waals surface area contributed by atoms with Crippen molar-refractivity contribution in [3.05, 3.63) is 99.4 Å². The Bertz CT molecular complexity index is 1470. The number of hydrogen-bond acceptors (Lipinski definition) is 5. The Hall–Kier alpha value is -3.75. The number of pyridine rings is 1. The number of nitrogens with zero attached hydrogens (tertiary/aromatic N) is 3. The Labute approximate surface area is 224 Å². The maximum Gasteiger partial charge on any atom is 0.335 e. The molecular weight excluding hydrogens is 504 g/mol. The monoisotopic (exact) mass is 530 g/mol. The summed E-state index contributed by atoms with van der Waals surface area (Å²) in [5.74, 6) is -0.790. The van der Waals surface area contributed by atoms with E-state index in [0.717, 1.165) is 22.6 Å². The first-order chi connectivity index (χ1) is 18.3. The first-order valence-corrected chi connectivity index (χ1v) is 13.1. The Morgan fingerprint density at radius 3 is 2.39 bits per heavy atom. The molecule has 4 amide bonds. The van der Waals surface area contributed by atoms with Crippen molar-refractivity contribution in [3.63, 3.8) is 0 Å². The Morgan fingerprint density at radius 1 is 0.868 bits per heavy atom. The molecule has 4 heterocycles. The van der Waals surface area contributed by atoms with Gasteiger partial charge in [-0.2, -0.15) is 0 Å². The van der Waals surface area contributed by atoms with Gasteiger partial charge in [0.2, 0.25) is 5.91 Å². The van der Waals surface area contributed by atoms with E-state index in [4.69, 9.17) is 11.6 Å². The fraction of sp³-hybridized carbons (Fsp3) is 0.310. The molecule has 0 spiro atoms. The molecule has 0 saturated carbocycles. The number of nitrogens with one attached hydrogen (secondary N) is 1. The number of para-hydroxylation sites is 1. The number of amides is 4. The minimum Gasteiger partial charge on any atom is -0.312 e. The summed E-state index contributed by atoms with van der Waals surface area (Å²) in [6.07, 6.45) is 1.08. The smallest absolute Gasteiger partial charge is 0.312 e. The molecule has 0 unspecified atom stereocenters. The molecular formula is C29H27ClN4O4. The molecule has 3 atom stereocenters. The summed E-state index contributed by atoms with van der Waals surface area (Å²) in [6, 6.07) is 20.4. The number of rotatable bonds is 5. The van der Waals surface area contributed by atoms with Gasteiger partial charge in [-0.1, -0.05) is 48.0 Å². The molecule has 2 saturated heterocycles. The Morgan fingerprint density at radius 2 is 1.63 bits per heavy atom. The number of carbonyl (C=O) groups excluding carboxylic acids is 3. The molecule has 0 aliphatic carbocycles. The third-order valence-electron chi connectivity index (χ3n) is 7.95. The van der Waals surface area contributed by atoms with Gasteiger partial charge in [-0.25, -0.2) is 9.69 Å². The highest BCUT2D eigenvalue weighted by Gasteiger charge is 2.55. The number of fused-ring (bicyclic) bond motifs is 4. The maximum atomic E-state index is 14.2. The number of hydrogen-bond donors (Lipinski definition) is 1. The van der Waals surface area contributed by atoms with E-state index in [2.05, 4.69) is 10.2 Å². The zero-order valence-electron chi connectivity index (χ0n) is 20.7. The largest absolute Gasteiger partial charge is 0.335 e. The van der Waals surface area contributed by atoms with Crippen molar-refractivity contribution in [1.82, 2.24) is 14.8 Å². The van der Waals surface area contributed by atoms with E-state index in [1.807, 2.05) is 22.8 Å². The van der Waals surface area contributed by atoms with Crippen molar-refractivity contribution >= 4 is 35.1 Å². The number of imide groups is 2. The van der Waals surface area contributed by atoms with Gasteiger partial charge in [0.1, 0.15) is 5.41 Å². The third kappa shape index (κ3) is 4.23. The topological polar surface area (TPSA) is 91.7 Å². The SMILES string of the molecule is O=C1NC(=O)[C@@](Cc2ccc(Cl)cc2)(CN2C[C@H]3C[C@@H](C2)c2cccc(=O)n2C3)C(=O)N1c1ccccc1. The number of urea groups is 1. The van der Waals surface area contributed by atoms with Crippen LogP contribution in [0.3, 0.4) is 0 Å². The van der Waals surface area contributed by atoms with E-state index in [0.29, 0.717) is 30.3 Å². The molecule has 0 radical (unpaired) electrons. The quantitative estimate of drug-likeness (QED) is 0.510. The molecule has 2 bridgehead atoms. The van der Waals surface area contributed by atoms with Gasteiger partial charge in [-0.3, -0.25) is 19.7 Å². The second kappa shape index (κ2) is 9.53. The minimum absolute atomic E-state index is 0.00344. The number of halogens is 1. The fourth-order valence-electron chi connectivity index (χ4n) is 6.30. The van der Waals surface area contributed by atoms with Crippen molar-refractivity contribution in [2.24, 2.45) is 11.3 Å². The Balaban J connectivity index is 1.38. The number of carbonyl (C=O) groups is 3. The molecule has 3 aliphatic heterocycles. The first-order valence-electron chi connectivity index (χ1n) is 12.8. The lowest BCUT2D eigenvalue weighted by atomic mass is 9.75. The Kier molecular flexibility index (Phi) is 6.16. The van der Waals surface area contributed by atoms with Crippen LogP contribution in [-0.4, -0.2) is 46.9 Å². The highest BCUT2D eigenvalue weighted by molar-refractivity contribution is 6.31. The van der Waals surface area contributed by atoms with Crippen LogP contribution in [0.4, 0.5) is 10.5 Å². The van der Waals surface area contributed by atoms with Crippen molar-refractivity contribution in [2.45, 2.75) is 25.3 Å². The third-order valence-corrected chi connectivity index (χ3v) is 8.21. The van der Waals surface area contributed by atoms with E-state index in [1.54, 1.807) is 54.6 Å². The molecule has 9 heteroatoms. The standard InChI is InChI=1S/C29H27ClN4O4/c30-22-11-9-19(10-12-22)14-29(26(36)31-28(38)34(27(29)37)23-5-2-1-3-6-23)18-32-15-20-13-21(17-32)24-7-4-8-25(35)33(24)16-20/h1-12,20-21H,13-18H2,(H,31,36,38)/t20-,21+,29-/m1/s1. The van der Waals surface area contributed by atoms with Crippen LogP contribution in [0.2, 0.25) is 5.02 Å². The van der Waals surface area contributed by atoms with Gasteiger partial charge in [-0.05, 0) is 54.7 Å². The summed E-state index contributed by atoms with van der Waals surface area (Å²) in [4.78, 5) is 56.6. The second-order valence-electron chi connectivity index (χ2n) is 10.5. The maximum absolute atomic E-state index is 14.2. The van der Waals surface area contributed by atoms with Crippen molar-refractivity contribution in [2.75, 3.05) is 24.5 Å². The molecule has 2 fully saturated rings. The summed E-state index contributed by atoms with van der Waals surface area (Å²) < 4.78 is 1.86. The zero-order valence-corrected chi connectivity index (χ0v) is 21.4. The molecule has 3 aromatic rings. The van der Waals surface area contributed by atoms with Crippen LogP contribution >= 0.6 is 11.6 Å².